The lowest BCUT2D eigenvalue weighted by molar-refractivity contribution is 0.103. The quantitative estimate of drug-likeness (QED) is 0.554. The summed E-state index contributed by atoms with van der Waals surface area (Å²) in [6, 6.07) is 12.9. The number of methoxy groups -OCH3 is 4. The first-order valence-corrected chi connectivity index (χ1v) is 9.07. The van der Waals surface area contributed by atoms with Crippen molar-refractivity contribution >= 4 is 17.1 Å². The molecule has 0 fully saturated rings. The molecule has 2 aromatic carbocycles. The van der Waals surface area contributed by atoms with E-state index in [-0.39, 0.29) is 5.78 Å². The van der Waals surface area contributed by atoms with Gasteiger partial charge in [0.1, 0.15) is 5.75 Å². The van der Waals surface area contributed by atoms with Crippen LogP contribution in [0, 0.1) is 0 Å². The van der Waals surface area contributed by atoms with Gasteiger partial charge in [-0.15, -0.1) is 11.3 Å². The van der Waals surface area contributed by atoms with Gasteiger partial charge in [-0.1, -0.05) is 6.07 Å². The van der Waals surface area contributed by atoms with E-state index >= 15 is 0 Å². The summed E-state index contributed by atoms with van der Waals surface area (Å²) in [4.78, 5) is 14.3. The van der Waals surface area contributed by atoms with Crippen LogP contribution in [0.25, 0.3) is 10.4 Å². The van der Waals surface area contributed by atoms with Gasteiger partial charge in [0, 0.05) is 10.4 Å². The van der Waals surface area contributed by atoms with Crippen molar-refractivity contribution in [1.29, 1.82) is 0 Å². The van der Waals surface area contributed by atoms with Gasteiger partial charge in [-0.3, -0.25) is 4.79 Å². The molecule has 0 saturated heterocycles. The number of benzene rings is 2. The summed E-state index contributed by atoms with van der Waals surface area (Å²) in [5.41, 5.74) is 1.85. The largest absolute Gasteiger partial charge is 0.496 e. The normalized spacial score (nSPS) is 10.4. The van der Waals surface area contributed by atoms with E-state index in [9.17, 15) is 4.79 Å². The van der Waals surface area contributed by atoms with Gasteiger partial charge >= 0.3 is 0 Å². The average Bonchev–Trinajstić information content (AvgIpc) is 3.26. The number of hydrogen-bond acceptors (Lipinski definition) is 6. The zero-order valence-corrected chi connectivity index (χ0v) is 16.4. The Morgan fingerprint density at radius 2 is 1.48 bits per heavy atom. The molecule has 0 unspecified atom stereocenters. The highest BCUT2D eigenvalue weighted by molar-refractivity contribution is 7.13. The maximum atomic E-state index is 13.3. The maximum Gasteiger partial charge on any atom is 0.203 e. The summed E-state index contributed by atoms with van der Waals surface area (Å²) < 4.78 is 21.5. The lowest BCUT2D eigenvalue weighted by atomic mass is 9.99. The van der Waals surface area contributed by atoms with E-state index in [0.717, 1.165) is 10.4 Å². The molecule has 0 saturated carbocycles. The van der Waals surface area contributed by atoms with Gasteiger partial charge in [-0.25, -0.2) is 0 Å². The van der Waals surface area contributed by atoms with Crippen LogP contribution in [-0.4, -0.2) is 34.2 Å². The third kappa shape index (κ3) is 3.61. The molecule has 0 aliphatic heterocycles. The van der Waals surface area contributed by atoms with Gasteiger partial charge in [0.05, 0.1) is 34.0 Å². The van der Waals surface area contributed by atoms with Crippen LogP contribution in [0.3, 0.4) is 0 Å². The van der Waals surface area contributed by atoms with Crippen molar-refractivity contribution in [1.82, 2.24) is 0 Å². The lowest BCUT2D eigenvalue weighted by Crippen LogP contribution is -2.06. The van der Waals surface area contributed by atoms with Crippen molar-refractivity contribution in [2.45, 2.75) is 0 Å². The molecule has 0 atom stereocenters. The second-order valence-electron chi connectivity index (χ2n) is 5.64. The van der Waals surface area contributed by atoms with Crippen molar-refractivity contribution in [2.24, 2.45) is 0 Å². The molecule has 140 valence electrons. The molecule has 1 heterocycles. The fraction of sp³-hybridized carbons (Fsp3) is 0.190. The van der Waals surface area contributed by atoms with Crippen LogP contribution in [-0.2, 0) is 0 Å². The molecular formula is C21H20O5S. The van der Waals surface area contributed by atoms with Gasteiger partial charge in [0.2, 0.25) is 5.75 Å². The Hall–Kier alpha value is -2.99. The summed E-state index contributed by atoms with van der Waals surface area (Å²) in [6.45, 7) is 0. The fourth-order valence-corrected chi connectivity index (χ4v) is 3.57. The van der Waals surface area contributed by atoms with Gasteiger partial charge in [-0.2, -0.15) is 0 Å². The van der Waals surface area contributed by atoms with Gasteiger partial charge in [0.25, 0.3) is 0 Å². The van der Waals surface area contributed by atoms with E-state index in [1.807, 2.05) is 29.6 Å². The first-order valence-electron chi connectivity index (χ1n) is 8.19. The second-order valence-corrected chi connectivity index (χ2v) is 6.58. The highest BCUT2D eigenvalue weighted by Gasteiger charge is 2.21. The van der Waals surface area contributed by atoms with Crippen molar-refractivity contribution in [3.63, 3.8) is 0 Å². The number of rotatable bonds is 7. The molecule has 1 aromatic heterocycles. The van der Waals surface area contributed by atoms with Crippen LogP contribution >= 0.6 is 11.3 Å². The molecule has 27 heavy (non-hydrogen) atoms. The van der Waals surface area contributed by atoms with Crippen molar-refractivity contribution < 1.29 is 23.7 Å². The molecule has 0 radical (unpaired) electrons. The van der Waals surface area contributed by atoms with Gasteiger partial charge < -0.3 is 18.9 Å². The predicted octanol–water partition coefficient (Wildman–Crippen LogP) is 4.68. The minimum Gasteiger partial charge on any atom is -0.496 e. The molecule has 0 aliphatic rings. The number of ketones is 1. The summed E-state index contributed by atoms with van der Waals surface area (Å²) in [6.07, 6.45) is 0. The Labute approximate surface area is 162 Å². The molecule has 3 rings (SSSR count). The molecule has 3 aromatic rings. The highest BCUT2D eigenvalue weighted by atomic mass is 32.1. The van der Waals surface area contributed by atoms with Gasteiger partial charge in [0.15, 0.2) is 17.3 Å². The van der Waals surface area contributed by atoms with E-state index in [2.05, 4.69) is 0 Å². The van der Waals surface area contributed by atoms with Crippen LogP contribution in [0.2, 0.25) is 0 Å². The Balaban J connectivity index is 2.11. The summed E-state index contributed by atoms with van der Waals surface area (Å²) in [5.74, 6) is 1.61. The number of carbonyl (C=O) groups is 1. The maximum absolute atomic E-state index is 13.3. The standard InChI is InChI=1S/C21H20O5S/c1-23-16-8-7-13(19-6-5-9-27-19)10-15(16)20(22)14-11-17(24-2)21(26-4)18(12-14)25-3/h5-12H,1-4H3. The monoisotopic (exact) mass is 384 g/mol. The van der Waals surface area contributed by atoms with E-state index in [0.29, 0.717) is 34.1 Å². The summed E-state index contributed by atoms with van der Waals surface area (Å²) in [5, 5.41) is 2.00. The van der Waals surface area contributed by atoms with Crippen LogP contribution in [0.15, 0.2) is 47.8 Å². The number of hydrogen-bond donors (Lipinski definition) is 0. The topological polar surface area (TPSA) is 54.0 Å². The van der Waals surface area contributed by atoms with Crippen LogP contribution < -0.4 is 18.9 Å². The molecule has 5 nitrogen and oxygen atoms in total. The van der Waals surface area contributed by atoms with Crippen molar-refractivity contribution in [3.8, 4) is 33.4 Å². The molecule has 0 spiro atoms. The van der Waals surface area contributed by atoms with Crippen LogP contribution in [0.5, 0.6) is 23.0 Å². The lowest BCUT2D eigenvalue weighted by Gasteiger charge is -2.15. The average molecular weight is 384 g/mol. The number of thiophene rings is 1. The predicted molar refractivity (Wildman–Crippen MR) is 106 cm³/mol. The first-order chi connectivity index (χ1) is 13.1. The zero-order valence-electron chi connectivity index (χ0n) is 15.6. The van der Waals surface area contributed by atoms with Crippen LogP contribution in [0.4, 0.5) is 0 Å². The fourth-order valence-electron chi connectivity index (χ4n) is 2.85. The molecular weight excluding hydrogens is 364 g/mol. The smallest absolute Gasteiger partial charge is 0.203 e. The third-order valence-corrected chi connectivity index (χ3v) is 5.10. The molecule has 0 N–H and O–H groups in total. The minimum absolute atomic E-state index is 0.190. The van der Waals surface area contributed by atoms with Crippen molar-refractivity contribution in [3.05, 3.63) is 59.0 Å². The number of carbonyl (C=O) groups excluding carboxylic acids is 1. The van der Waals surface area contributed by atoms with Gasteiger partial charge in [-0.05, 0) is 47.3 Å². The summed E-state index contributed by atoms with van der Waals surface area (Å²) >= 11 is 1.61. The van der Waals surface area contributed by atoms with E-state index < -0.39 is 0 Å². The Morgan fingerprint density at radius 3 is 2.00 bits per heavy atom. The SMILES string of the molecule is COc1ccc(-c2cccs2)cc1C(=O)c1cc(OC)c(OC)c(OC)c1. The molecule has 0 bridgehead atoms. The molecule has 6 heteroatoms. The van der Waals surface area contributed by atoms with E-state index in [1.165, 1.54) is 21.3 Å². The Kier molecular flexibility index (Phi) is 5.66. The number of ether oxygens (including phenoxy) is 4. The Bertz CT molecular complexity index is 922. The van der Waals surface area contributed by atoms with E-state index in [1.54, 1.807) is 36.6 Å². The zero-order chi connectivity index (χ0) is 19.4. The summed E-state index contributed by atoms with van der Waals surface area (Å²) in [7, 11) is 6.11. The second kappa shape index (κ2) is 8.14. The third-order valence-electron chi connectivity index (χ3n) is 4.18. The van der Waals surface area contributed by atoms with Crippen LogP contribution in [0.1, 0.15) is 15.9 Å². The highest BCUT2D eigenvalue weighted by Crippen LogP contribution is 2.39. The molecule has 0 aliphatic carbocycles. The van der Waals surface area contributed by atoms with Crippen molar-refractivity contribution in [2.75, 3.05) is 28.4 Å². The Morgan fingerprint density at radius 1 is 0.815 bits per heavy atom. The minimum atomic E-state index is -0.190. The molecule has 0 amide bonds. The first kappa shape index (κ1) is 18.8. The van der Waals surface area contributed by atoms with E-state index in [4.69, 9.17) is 18.9 Å².